The summed E-state index contributed by atoms with van der Waals surface area (Å²) in [5.41, 5.74) is 2.72. The van der Waals surface area contributed by atoms with Gasteiger partial charge in [-0.1, -0.05) is 42.0 Å². The number of hydrogen-bond donors (Lipinski definition) is 2. The molecule has 2 rings (SSSR count). The van der Waals surface area contributed by atoms with Crippen LogP contribution in [0.15, 0.2) is 48.5 Å². The van der Waals surface area contributed by atoms with E-state index in [1.54, 1.807) is 25.3 Å². The average Bonchev–Trinajstić information content (AvgIpc) is 2.62. The molecule has 2 N–H and O–H groups in total. The Labute approximate surface area is 153 Å². The zero-order valence-electron chi connectivity index (χ0n) is 14.4. The lowest BCUT2D eigenvalue weighted by Gasteiger charge is -2.13. The van der Waals surface area contributed by atoms with Gasteiger partial charge in [-0.2, -0.15) is 0 Å². The van der Waals surface area contributed by atoms with Gasteiger partial charge >= 0.3 is 0 Å². The molecule has 132 valence electrons. The third-order valence-corrected chi connectivity index (χ3v) is 3.72. The number of methoxy groups -OCH3 is 1. The number of carbonyl (C=O) groups is 1. The van der Waals surface area contributed by atoms with E-state index in [0.717, 1.165) is 5.56 Å². The van der Waals surface area contributed by atoms with E-state index in [-0.39, 0.29) is 11.0 Å². The van der Waals surface area contributed by atoms with Crippen LogP contribution in [0.1, 0.15) is 21.5 Å². The van der Waals surface area contributed by atoms with Crippen molar-refractivity contribution in [3.8, 4) is 5.75 Å². The second kappa shape index (κ2) is 9.76. The molecule has 0 fully saturated rings. The molecule has 25 heavy (non-hydrogen) atoms. The van der Waals surface area contributed by atoms with Crippen molar-refractivity contribution in [1.82, 2.24) is 10.6 Å². The summed E-state index contributed by atoms with van der Waals surface area (Å²) in [5.74, 6) is 0.188. The van der Waals surface area contributed by atoms with Crippen molar-refractivity contribution in [1.29, 1.82) is 0 Å². The van der Waals surface area contributed by atoms with Gasteiger partial charge in [0.15, 0.2) is 5.11 Å². The molecule has 0 aliphatic carbocycles. The number of nitrogens with one attached hydrogen (secondary N) is 2. The summed E-state index contributed by atoms with van der Waals surface area (Å²) in [6.45, 7) is 3.41. The van der Waals surface area contributed by atoms with E-state index in [1.165, 1.54) is 5.56 Å². The van der Waals surface area contributed by atoms with Gasteiger partial charge in [-0.15, -0.1) is 0 Å². The monoisotopic (exact) mass is 358 g/mol. The molecule has 0 heterocycles. The summed E-state index contributed by atoms with van der Waals surface area (Å²) in [7, 11) is 1.60. The van der Waals surface area contributed by atoms with E-state index in [0.29, 0.717) is 31.1 Å². The summed E-state index contributed by atoms with van der Waals surface area (Å²) < 4.78 is 10.5. The molecule has 2 aromatic carbocycles. The summed E-state index contributed by atoms with van der Waals surface area (Å²) in [6, 6.07) is 15.1. The molecule has 0 unspecified atom stereocenters. The number of benzene rings is 2. The van der Waals surface area contributed by atoms with Gasteiger partial charge in [0, 0.05) is 13.7 Å². The molecule has 0 radical (unpaired) electrons. The molecule has 0 aliphatic heterocycles. The Morgan fingerprint density at radius 2 is 1.80 bits per heavy atom. The fraction of sp³-hybridized carbons (Fsp3) is 0.263. The van der Waals surface area contributed by atoms with E-state index in [2.05, 4.69) is 10.6 Å². The summed E-state index contributed by atoms with van der Waals surface area (Å²) in [5, 5.41) is 5.98. The molecule has 0 atom stereocenters. The Balaban J connectivity index is 1.90. The average molecular weight is 358 g/mol. The summed E-state index contributed by atoms with van der Waals surface area (Å²) in [6.07, 6.45) is 0. The lowest BCUT2D eigenvalue weighted by atomic mass is 10.1. The predicted molar refractivity (Wildman–Crippen MR) is 102 cm³/mol. The first-order valence-corrected chi connectivity index (χ1v) is 8.36. The second-order valence-electron chi connectivity index (χ2n) is 5.46. The highest BCUT2D eigenvalue weighted by Gasteiger charge is 2.13. The number of rotatable bonds is 7. The first-order chi connectivity index (χ1) is 12.1. The van der Waals surface area contributed by atoms with Crippen molar-refractivity contribution in [2.45, 2.75) is 13.5 Å². The minimum Gasteiger partial charge on any atom is -0.490 e. The normalized spacial score (nSPS) is 10.2. The van der Waals surface area contributed by atoms with Crippen molar-refractivity contribution in [3.05, 3.63) is 65.2 Å². The first kappa shape index (κ1) is 18.9. The minimum atomic E-state index is -0.311. The van der Waals surface area contributed by atoms with Crippen molar-refractivity contribution in [3.63, 3.8) is 0 Å². The Morgan fingerprint density at radius 3 is 2.52 bits per heavy atom. The van der Waals surface area contributed by atoms with Crippen molar-refractivity contribution in [2.75, 3.05) is 20.3 Å². The third-order valence-electron chi connectivity index (χ3n) is 3.48. The van der Waals surface area contributed by atoms with Crippen LogP contribution in [0.25, 0.3) is 0 Å². The number of hydrogen-bond acceptors (Lipinski definition) is 4. The van der Waals surface area contributed by atoms with Crippen LogP contribution in [-0.4, -0.2) is 31.3 Å². The highest BCUT2D eigenvalue weighted by molar-refractivity contribution is 7.80. The van der Waals surface area contributed by atoms with Gasteiger partial charge in [0.25, 0.3) is 5.91 Å². The van der Waals surface area contributed by atoms with Crippen molar-refractivity contribution >= 4 is 23.2 Å². The SMILES string of the molecule is COCCOc1ccccc1C(=O)NC(=S)NCc1ccc(C)cc1. The highest BCUT2D eigenvalue weighted by atomic mass is 32.1. The van der Waals surface area contributed by atoms with Crippen LogP contribution in [-0.2, 0) is 11.3 Å². The maximum absolute atomic E-state index is 12.4. The molecule has 5 nitrogen and oxygen atoms in total. The fourth-order valence-electron chi connectivity index (χ4n) is 2.12. The van der Waals surface area contributed by atoms with Gasteiger partial charge in [-0.3, -0.25) is 10.1 Å². The van der Waals surface area contributed by atoms with Crippen LogP contribution < -0.4 is 15.4 Å². The molecule has 6 heteroatoms. The van der Waals surface area contributed by atoms with Crippen LogP contribution in [0.5, 0.6) is 5.75 Å². The van der Waals surface area contributed by atoms with Crippen molar-refractivity contribution in [2.24, 2.45) is 0 Å². The number of amides is 1. The highest BCUT2D eigenvalue weighted by Crippen LogP contribution is 2.17. The van der Waals surface area contributed by atoms with Gasteiger partial charge in [0.05, 0.1) is 12.2 Å². The Hall–Kier alpha value is -2.44. The number of ether oxygens (including phenoxy) is 2. The second-order valence-corrected chi connectivity index (χ2v) is 5.87. The molecule has 0 aromatic heterocycles. The molecule has 2 aromatic rings. The first-order valence-electron chi connectivity index (χ1n) is 7.95. The number of carbonyl (C=O) groups excluding carboxylic acids is 1. The molecular weight excluding hydrogens is 336 g/mol. The van der Waals surface area contributed by atoms with E-state index in [1.807, 2.05) is 37.3 Å². The molecule has 1 amide bonds. The van der Waals surface area contributed by atoms with E-state index in [4.69, 9.17) is 21.7 Å². The summed E-state index contributed by atoms with van der Waals surface area (Å²) >= 11 is 5.20. The standard InChI is InChI=1S/C19H22N2O3S/c1-14-7-9-15(10-8-14)13-20-19(25)21-18(22)16-5-3-4-6-17(16)24-12-11-23-2/h3-10H,11-13H2,1-2H3,(H2,20,21,22,25). The van der Waals surface area contributed by atoms with Gasteiger partial charge in [0.2, 0.25) is 0 Å². The van der Waals surface area contributed by atoms with E-state index >= 15 is 0 Å². The Bertz CT molecular complexity index is 717. The topological polar surface area (TPSA) is 59.6 Å². The van der Waals surface area contributed by atoms with E-state index in [9.17, 15) is 4.79 Å². The van der Waals surface area contributed by atoms with Gasteiger partial charge in [-0.25, -0.2) is 0 Å². The quantitative estimate of drug-likeness (QED) is 0.589. The lowest BCUT2D eigenvalue weighted by Crippen LogP contribution is -2.39. The Kier molecular flexibility index (Phi) is 7.37. The molecule has 0 saturated heterocycles. The molecule has 0 saturated carbocycles. The molecule has 0 bridgehead atoms. The van der Waals surface area contributed by atoms with Gasteiger partial charge < -0.3 is 14.8 Å². The molecular formula is C19H22N2O3S. The van der Waals surface area contributed by atoms with E-state index < -0.39 is 0 Å². The zero-order valence-corrected chi connectivity index (χ0v) is 15.2. The number of aryl methyl sites for hydroxylation is 1. The zero-order chi connectivity index (χ0) is 18.1. The fourth-order valence-corrected chi connectivity index (χ4v) is 2.28. The summed E-state index contributed by atoms with van der Waals surface area (Å²) in [4.78, 5) is 12.4. The van der Waals surface area contributed by atoms with Crippen LogP contribution in [0.3, 0.4) is 0 Å². The van der Waals surface area contributed by atoms with Crippen LogP contribution in [0.2, 0.25) is 0 Å². The van der Waals surface area contributed by atoms with Gasteiger partial charge in [0.1, 0.15) is 12.4 Å². The number of para-hydroxylation sites is 1. The third kappa shape index (κ3) is 6.17. The Morgan fingerprint density at radius 1 is 1.08 bits per heavy atom. The smallest absolute Gasteiger partial charge is 0.261 e. The maximum Gasteiger partial charge on any atom is 0.261 e. The lowest BCUT2D eigenvalue weighted by molar-refractivity contribution is 0.0968. The predicted octanol–water partition coefficient (Wildman–Crippen LogP) is 2.82. The van der Waals surface area contributed by atoms with Crippen LogP contribution in [0, 0.1) is 6.92 Å². The van der Waals surface area contributed by atoms with Crippen LogP contribution >= 0.6 is 12.2 Å². The van der Waals surface area contributed by atoms with Crippen LogP contribution in [0.4, 0.5) is 0 Å². The number of thiocarbonyl (C=S) groups is 1. The molecule has 0 aliphatic rings. The largest absolute Gasteiger partial charge is 0.490 e. The minimum absolute atomic E-state index is 0.275. The molecule has 0 spiro atoms. The van der Waals surface area contributed by atoms with Crippen molar-refractivity contribution < 1.29 is 14.3 Å². The van der Waals surface area contributed by atoms with Gasteiger partial charge in [-0.05, 0) is 36.8 Å². The maximum atomic E-state index is 12.4.